The summed E-state index contributed by atoms with van der Waals surface area (Å²) in [5, 5.41) is 17.1. The van der Waals surface area contributed by atoms with Gasteiger partial charge in [0.15, 0.2) is 0 Å². The van der Waals surface area contributed by atoms with Gasteiger partial charge in [-0.2, -0.15) is 9.78 Å². The number of benzene rings is 2. The third-order valence-corrected chi connectivity index (χ3v) is 5.03. The Labute approximate surface area is 167 Å². The molecule has 0 aliphatic heterocycles. The molecule has 3 rings (SSSR count). The van der Waals surface area contributed by atoms with Crippen molar-refractivity contribution in [3.8, 4) is 5.69 Å². The molecule has 0 unspecified atom stereocenters. The minimum Gasteiger partial charge on any atom is -0.392 e. The van der Waals surface area contributed by atoms with Crippen LogP contribution in [0.25, 0.3) is 5.69 Å². The van der Waals surface area contributed by atoms with Crippen LogP contribution in [0.5, 0.6) is 0 Å². The van der Waals surface area contributed by atoms with Crippen molar-refractivity contribution in [3.63, 3.8) is 0 Å². The largest absolute Gasteiger partial charge is 0.392 e. The highest BCUT2D eigenvalue weighted by atomic mass is 35.5. The molecule has 0 bridgehead atoms. The Kier molecular flexibility index (Phi) is 6.16. The van der Waals surface area contributed by atoms with E-state index in [0.717, 1.165) is 23.1 Å². The molecular weight excluding hydrogens is 385 g/mol. The number of halogens is 2. The Morgan fingerprint density at radius 2 is 1.81 bits per heavy atom. The Morgan fingerprint density at radius 3 is 2.48 bits per heavy atom. The van der Waals surface area contributed by atoms with Crippen LogP contribution in [-0.4, -0.2) is 21.4 Å². The first-order valence-electron chi connectivity index (χ1n) is 8.46. The zero-order chi connectivity index (χ0) is 19.4. The number of aromatic nitrogens is 2. The van der Waals surface area contributed by atoms with Crippen LogP contribution in [0, 0.1) is 6.92 Å². The minimum absolute atomic E-state index is 0.0301. The summed E-state index contributed by atoms with van der Waals surface area (Å²) in [4.78, 5) is 12.6. The van der Waals surface area contributed by atoms with Crippen molar-refractivity contribution in [3.05, 3.63) is 85.8 Å². The summed E-state index contributed by atoms with van der Waals surface area (Å²) in [5.41, 5.74) is 3.56. The van der Waals surface area contributed by atoms with Gasteiger partial charge >= 0.3 is 0 Å². The van der Waals surface area contributed by atoms with Crippen LogP contribution in [0.15, 0.2) is 53.5 Å². The van der Waals surface area contributed by atoms with Crippen LogP contribution in [0.2, 0.25) is 10.0 Å². The first-order chi connectivity index (χ1) is 13.0. The molecule has 0 aliphatic rings. The molecule has 0 radical (unpaired) electrons. The second-order valence-electron chi connectivity index (χ2n) is 6.17. The minimum atomic E-state index is -0.408. The van der Waals surface area contributed by atoms with Crippen LogP contribution in [0.3, 0.4) is 0 Å². The van der Waals surface area contributed by atoms with Crippen molar-refractivity contribution in [1.29, 1.82) is 0 Å². The monoisotopic (exact) mass is 403 g/mol. The Morgan fingerprint density at radius 1 is 1.11 bits per heavy atom. The number of nitrogens with one attached hydrogen (secondary N) is 1. The molecule has 3 aromatic rings. The van der Waals surface area contributed by atoms with Crippen molar-refractivity contribution in [2.45, 2.75) is 20.0 Å². The Hall–Kier alpha value is -2.34. The van der Waals surface area contributed by atoms with Crippen LogP contribution in [-0.2, 0) is 13.0 Å². The number of hydrogen-bond donors (Lipinski definition) is 2. The molecular formula is C20H19Cl2N3O2. The maximum absolute atomic E-state index is 12.6. The van der Waals surface area contributed by atoms with Crippen LogP contribution >= 0.6 is 23.2 Å². The second-order valence-corrected chi connectivity index (χ2v) is 6.96. The number of anilines is 1. The maximum Gasteiger partial charge on any atom is 0.292 e. The van der Waals surface area contributed by atoms with Gasteiger partial charge in [-0.1, -0.05) is 53.5 Å². The van der Waals surface area contributed by atoms with Gasteiger partial charge in [0.1, 0.15) is 5.02 Å². The molecule has 1 heterocycles. The summed E-state index contributed by atoms with van der Waals surface area (Å²) in [7, 11) is 0. The quantitative estimate of drug-likeness (QED) is 0.652. The lowest BCUT2D eigenvalue weighted by atomic mass is 10.1. The molecule has 27 heavy (non-hydrogen) atoms. The molecule has 0 amide bonds. The zero-order valence-corrected chi connectivity index (χ0v) is 16.3. The first kappa shape index (κ1) is 19.4. The van der Waals surface area contributed by atoms with Crippen LogP contribution < -0.4 is 10.9 Å². The fraction of sp³-hybridized carbons (Fsp3) is 0.200. The maximum atomic E-state index is 12.6. The van der Waals surface area contributed by atoms with E-state index in [0.29, 0.717) is 22.9 Å². The highest BCUT2D eigenvalue weighted by Crippen LogP contribution is 2.20. The number of nitrogens with zero attached hydrogens (tertiary/aromatic N) is 2. The smallest absolute Gasteiger partial charge is 0.292 e. The first-order valence-corrected chi connectivity index (χ1v) is 9.22. The van der Waals surface area contributed by atoms with Crippen molar-refractivity contribution in [2.75, 3.05) is 11.9 Å². The Bertz CT molecular complexity index is 1000. The summed E-state index contributed by atoms with van der Waals surface area (Å²) in [6, 6.07) is 13.0. The third-order valence-electron chi connectivity index (χ3n) is 4.25. The fourth-order valence-electron chi connectivity index (χ4n) is 2.61. The number of rotatable bonds is 6. The van der Waals surface area contributed by atoms with Gasteiger partial charge in [-0.3, -0.25) is 4.79 Å². The summed E-state index contributed by atoms with van der Waals surface area (Å²) >= 11 is 12.4. The van der Waals surface area contributed by atoms with Gasteiger partial charge in [0.2, 0.25) is 0 Å². The van der Waals surface area contributed by atoms with E-state index in [9.17, 15) is 4.79 Å². The predicted molar refractivity (Wildman–Crippen MR) is 109 cm³/mol. The Balaban J connectivity index is 1.72. The summed E-state index contributed by atoms with van der Waals surface area (Å²) in [6.07, 6.45) is 2.28. The molecule has 2 aromatic carbocycles. The van der Waals surface area contributed by atoms with Gasteiger partial charge in [-0.25, -0.2) is 0 Å². The number of hydrogen-bond acceptors (Lipinski definition) is 4. The van der Waals surface area contributed by atoms with E-state index in [1.165, 1.54) is 10.9 Å². The molecule has 5 nitrogen and oxygen atoms in total. The normalized spacial score (nSPS) is 10.8. The van der Waals surface area contributed by atoms with Gasteiger partial charge in [0.05, 0.1) is 24.2 Å². The van der Waals surface area contributed by atoms with E-state index in [1.807, 2.05) is 37.3 Å². The van der Waals surface area contributed by atoms with Gasteiger partial charge in [-0.15, -0.1) is 0 Å². The summed E-state index contributed by atoms with van der Waals surface area (Å²) in [5.74, 6) is 0. The predicted octanol–water partition coefficient (Wildman–Crippen LogP) is 3.99. The molecule has 0 fully saturated rings. The van der Waals surface area contributed by atoms with Crippen LogP contribution in [0.4, 0.5) is 5.69 Å². The van der Waals surface area contributed by atoms with E-state index in [4.69, 9.17) is 28.3 Å². The van der Waals surface area contributed by atoms with Crippen molar-refractivity contribution in [1.82, 2.24) is 9.78 Å². The van der Waals surface area contributed by atoms with E-state index in [1.54, 1.807) is 12.1 Å². The zero-order valence-electron chi connectivity index (χ0n) is 14.7. The molecule has 0 spiro atoms. The second kappa shape index (κ2) is 8.57. The lowest BCUT2D eigenvalue weighted by molar-refractivity contribution is 0.282. The lowest BCUT2D eigenvalue weighted by Gasteiger charge is -2.11. The molecule has 140 valence electrons. The van der Waals surface area contributed by atoms with Crippen molar-refractivity contribution >= 4 is 28.9 Å². The number of aryl methyl sites for hydroxylation is 1. The third kappa shape index (κ3) is 4.50. The van der Waals surface area contributed by atoms with E-state index in [-0.39, 0.29) is 11.6 Å². The number of aliphatic hydroxyl groups is 1. The van der Waals surface area contributed by atoms with Gasteiger partial charge in [-0.05, 0) is 42.2 Å². The molecule has 1 aromatic heterocycles. The molecule has 7 heteroatoms. The summed E-state index contributed by atoms with van der Waals surface area (Å²) < 4.78 is 1.23. The highest BCUT2D eigenvalue weighted by molar-refractivity contribution is 6.33. The molecule has 0 atom stereocenters. The van der Waals surface area contributed by atoms with Gasteiger partial charge < -0.3 is 10.4 Å². The molecule has 0 saturated heterocycles. The molecule has 0 saturated carbocycles. The average molecular weight is 404 g/mol. The van der Waals surface area contributed by atoms with Crippen molar-refractivity contribution < 1.29 is 5.11 Å². The van der Waals surface area contributed by atoms with Crippen LogP contribution in [0.1, 0.15) is 16.7 Å². The van der Waals surface area contributed by atoms with Gasteiger partial charge in [0.25, 0.3) is 5.56 Å². The summed E-state index contributed by atoms with van der Waals surface area (Å²) in [6.45, 7) is 2.52. The number of aliphatic hydroxyl groups excluding tert-OH is 1. The lowest BCUT2D eigenvalue weighted by Crippen LogP contribution is -2.23. The van der Waals surface area contributed by atoms with Gasteiger partial charge in [0, 0.05) is 11.6 Å². The molecule has 2 N–H and O–H groups in total. The fourth-order valence-corrected chi connectivity index (χ4v) is 2.98. The topological polar surface area (TPSA) is 67.2 Å². The SMILES string of the molecule is Cc1ccc(-n2ncc(NCCc3ccc(CO)cc3)c(Cl)c2=O)cc1Cl. The van der Waals surface area contributed by atoms with E-state index in [2.05, 4.69) is 10.4 Å². The standard InChI is InChI=1S/C20H19Cl2N3O2/c1-13-2-7-16(10-17(13)21)25-20(27)19(22)18(11-24-25)23-9-8-14-3-5-15(12-26)6-4-14/h2-7,10-11,23,26H,8-9,12H2,1H3. The van der Waals surface area contributed by atoms with E-state index >= 15 is 0 Å². The van der Waals surface area contributed by atoms with Crippen molar-refractivity contribution in [2.24, 2.45) is 0 Å². The van der Waals surface area contributed by atoms with E-state index < -0.39 is 5.56 Å². The average Bonchev–Trinajstić information content (AvgIpc) is 2.68. The molecule has 0 aliphatic carbocycles. The highest BCUT2D eigenvalue weighted by Gasteiger charge is 2.11.